The Morgan fingerprint density at radius 2 is 1.79 bits per heavy atom. The highest BCUT2D eigenvalue weighted by Gasteiger charge is 2.30. The van der Waals surface area contributed by atoms with Gasteiger partial charge < -0.3 is 19.5 Å². The monoisotopic (exact) mass is 397 g/mol. The molecule has 0 radical (unpaired) electrons. The number of esters is 1. The Hall–Kier alpha value is -3.23. The zero-order chi connectivity index (χ0) is 20.7. The van der Waals surface area contributed by atoms with Gasteiger partial charge in [0.25, 0.3) is 5.91 Å². The van der Waals surface area contributed by atoms with E-state index in [2.05, 4.69) is 5.32 Å². The van der Waals surface area contributed by atoms with Crippen LogP contribution < -0.4 is 14.8 Å². The minimum atomic E-state index is -4.50. The quantitative estimate of drug-likeness (QED) is 0.725. The molecular weight excluding hydrogens is 379 g/mol. The maximum Gasteiger partial charge on any atom is 0.416 e. The van der Waals surface area contributed by atoms with Crippen molar-refractivity contribution in [3.63, 3.8) is 0 Å². The Labute approximate surface area is 159 Å². The van der Waals surface area contributed by atoms with E-state index < -0.39 is 30.2 Å². The lowest BCUT2D eigenvalue weighted by atomic mass is 10.1. The third-order valence-electron chi connectivity index (χ3n) is 3.65. The summed E-state index contributed by atoms with van der Waals surface area (Å²) in [6.45, 7) is -0.590. The van der Waals surface area contributed by atoms with Crippen molar-refractivity contribution in [2.24, 2.45) is 0 Å². The summed E-state index contributed by atoms with van der Waals surface area (Å²) >= 11 is 0. The SMILES string of the molecule is COc1ccc(NC(=O)COC(=O)Cc2cccc(C(F)(F)F)c2)c(OC)c1. The van der Waals surface area contributed by atoms with Gasteiger partial charge in [-0.1, -0.05) is 18.2 Å². The highest BCUT2D eigenvalue weighted by atomic mass is 19.4. The molecule has 2 aromatic carbocycles. The van der Waals surface area contributed by atoms with Gasteiger partial charge in [0, 0.05) is 6.07 Å². The van der Waals surface area contributed by atoms with Crippen LogP contribution in [0.4, 0.5) is 18.9 Å². The van der Waals surface area contributed by atoms with Gasteiger partial charge in [0.1, 0.15) is 11.5 Å². The number of rotatable bonds is 7. The van der Waals surface area contributed by atoms with E-state index >= 15 is 0 Å². The second-order valence-electron chi connectivity index (χ2n) is 5.65. The summed E-state index contributed by atoms with van der Waals surface area (Å²) in [5.74, 6) is -0.567. The summed E-state index contributed by atoms with van der Waals surface area (Å²) in [5.41, 5.74) is -0.374. The Balaban J connectivity index is 1.90. The third-order valence-corrected chi connectivity index (χ3v) is 3.65. The van der Waals surface area contributed by atoms with Crippen LogP contribution in [0.15, 0.2) is 42.5 Å². The fraction of sp³-hybridized carbons (Fsp3) is 0.263. The van der Waals surface area contributed by atoms with E-state index in [9.17, 15) is 22.8 Å². The highest BCUT2D eigenvalue weighted by Crippen LogP contribution is 2.30. The second kappa shape index (κ2) is 9.12. The van der Waals surface area contributed by atoms with Gasteiger partial charge >= 0.3 is 12.1 Å². The number of methoxy groups -OCH3 is 2. The van der Waals surface area contributed by atoms with Gasteiger partial charge in [0.2, 0.25) is 0 Å². The molecule has 0 heterocycles. The molecule has 1 amide bonds. The molecule has 28 heavy (non-hydrogen) atoms. The molecule has 6 nitrogen and oxygen atoms in total. The molecule has 0 bridgehead atoms. The smallest absolute Gasteiger partial charge is 0.416 e. The van der Waals surface area contributed by atoms with E-state index in [-0.39, 0.29) is 12.0 Å². The highest BCUT2D eigenvalue weighted by molar-refractivity contribution is 5.94. The van der Waals surface area contributed by atoms with Crippen LogP contribution in [0.1, 0.15) is 11.1 Å². The minimum Gasteiger partial charge on any atom is -0.497 e. The Kier molecular flexibility index (Phi) is 6.86. The molecule has 150 valence electrons. The number of hydrogen-bond acceptors (Lipinski definition) is 5. The first-order valence-corrected chi connectivity index (χ1v) is 8.06. The number of ether oxygens (including phenoxy) is 3. The van der Waals surface area contributed by atoms with Crippen LogP contribution in [0.25, 0.3) is 0 Å². The van der Waals surface area contributed by atoms with Crippen LogP contribution >= 0.6 is 0 Å². The molecule has 0 spiro atoms. The van der Waals surface area contributed by atoms with Crippen LogP contribution in [0.3, 0.4) is 0 Å². The largest absolute Gasteiger partial charge is 0.497 e. The molecule has 0 aliphatic rings. The van der Waals surface area contributed by atoms with E-state index in [1.807, 2.05) is 0 Å². The first-order chi connectivity index (χ1) is 13.2. The molecule has 0 unspecified atom stereocenters. The van der Waals surface area contributed by atoms with Crippen molar-refractivity contribution >= 4 is 17.6 Å². The van der Waals surface area contributed by atoms with E-state index in [1.165, 1.54) is 26.4 Å². The predicted molar refractivity (Wildman–Crippen MR) is 94.3 cm³/mol. The molecule has 0 saturated heterocycles. The normalized spacial score (nSPS) is 10.9. The predicted octanol–water partition coefficient (Wildman–Crippen LogP) is 3.45. The van der Waals surface area contributed by atoms with Gasteiger partial charge in [-0.25, -0.2) is 0 Å². The average Bonchev–Trinajstić information content (AvgIpc) is 2.66. The first kappa shape index (κ1) is 21.1. The van der Waals surface area contributed by atoms with Crippen molar-refractivity contribution in [2.75, 3.05) is 26.1 Å². The molecule has 0 atom stereocenters. The van der Waals surface area contributed by atoms with Gasteiger partial charge in [-0.2, -0.15) is 13.2 Å². The van der Waals surface area contributed by atoms with Crippen LogP contribution in [-0.2, 0) is 26.9 Å². The van der Waals surface area contributed by atoms with Gasteiger partial charge in [-0.05, 0) is 23.8 Å². The number of amides is 1. The Morgan fingerprint density at radius 1 is 1.04 bits per heavy atom. The topological polar surface area (TPSA) is 73.9 Å². The summed E-state index contributed by atoms with van der Waals surface area (Å²) in [5, 5.41) is 2.52. The number of carbonyl (C=O) groups excluding carboxylic acids is 2. The summed E-state index contributed by atoms with van der Waals surface area (Å²) in [7, 11) is 2.90. The van der Waals surface area contributed by atoms with Crippen LogP contribution in [0.5, 0.6) is 11.5 Å². The molecule has 2 rings (SSSR count). The molecule has 1 N–H and O–H groups in total. The lowest BCUT2D eigenvalue weighted by molar-refractivity contribution is -0.146. The van der Waals surface area contributed by atoms with E-state index in [1.54, 1.807) is 18.2 Å². The standard InChI is InChI=1S/C19H18F3NO5/c1-26-14-6-7-15(16(10-14)27-2)23-17(24)11-28-18(25)9-12-4-3-5-13(8-12)19(20,21)22/h3-8,10H,9,11H2,1-2H3,(H,23,24). The van der Waals surface area contributed by atoms with E-state index in [0.29, 0.717) is 17.2 Å². The van der Waals surface area contributed by atoms with E-state index in [4.69, 9.17) is 14.2 Å². The second-order valence-corrected chi connectivity index (χ2v) is 5.65. The minimum absolute atomic E-state index is 0.136. The summed E-state index contributed by atoms with van der Waals surface area (Å²) in [4.78, 5) is 23.8. The van der Waals surface area contributed by atoms with Crippen molar-refractivity contribution in [3.05, 3.63) is 53.6 Å². The van der Waals surface area contributed by atoms with Crippen LogP contribution in [0, 0.1) is 0 Å². The molecule has 0 fully saturated rings. The van der Waals surface area contributed by atoms with Crippen molar-refractivity contribution < 1.29 is 37.0 Å². The van der Waals surface area contributed by atoms with E-state index in [0.717, 1.165) is 12.1 Å². The number of benzene rings is 2. The van der Waals surface area contributed by atoms with Gasteiger partial charge in [-0.15, -0.1) is 0 Å². The maximum atomic E-state index is 12.7. The number of halogens is 3. The van der Waals surface area contributed by atoms with Crippen molar-refractivity contribution in [1.29, 1.82) is 0 Å². The fourth-order valence-corrected chi connectivity index (χ4v) is 2.31. The number of hydrogen-bond donors (Lipinski definition) is 1. The number of anilines is 1. The molecule has 0 aliphatic carbocycles. The summed E-state index contributed by atoms with van der Waals surface area (Å²) in [6, 6.07) is 9.08. The lowest BCUT2D eigenvalue weighted by Gasteiger charge is -2.12. The first-order valence-electron chi connectivity index (χ1n) is 8.06. The number of carbonyl (C=O) groups is 2. The Bertz CT molecular complexity index is 852. The molecular formula is C19H18F3NO5. The average molecular weight is 397 g/mol. The maximum absolute atomic E-state index is 12.7. The third kappa shape index (κ3) is 5.90. The zero-order valence-electron chi connectivity index (χ0n) is 15.1. The number of nitrogens with one attached hydrogen (secondary N) is 1. The Morgan fingerprint density at radius 3 is 2.43 bits per heavy atom. The summed E-state index contributed by atoms with van der Waals surface area (Å²) in [6.07, 6.45) is -4.89. The van der Waals surface area contributed by atoms with Crippen molar-refractivity contribution in [3.8, 4) is 11.5 Å². The number of alkyl halides is 3. The fourth-order valence-electron chi connectivity index (χ4n) is 2.31. The molecule has 0 saturated carbocycles. The van der Waals surface area contributed by atoms with Crippen LogP contribution in [-0.4, -0.2) is 32.7 Å². The van der Waals surface area contributed by atoms with Crippen molar-refractivity contribution in [2.45, 2.75) is 12.6 Å². The van der Waals surface area contributed by atoms with Crippen molar-refractivity contribution in [1.82, 2.24) is 0 Å². The molecule has 0 aromatic heterocycles. The van der Waals surface area contributed by atoms with Gasteiger partial charge in [0.05, 0.1) is 31.9 Å². The van der Waals surface area contributed by atoms with Gasteiger partial charge in [0.15, 0.2) is 6.61 Å². The van der Waals surface area contributed by atoms with Crippen LogP contribution in [0.2, 0.25) is 0 Å². The van der Waals surface area contributed by atoms with Gasteiger partial charge in [-0.3, -0.25) is 9.59 Å². The molecule has 9 heteroatoms. The molecule has 0 aliphatic heterocycles. The molecule has 2 aromatic rings. The summed E-state index contributed by atoms with van der Waals surface area (Å²) < 4.78 is 53.1. The zero-order valence-corrected chi connectivity index (χ0v) is 15.1. The lowest BCUT2D eigenvalue weighted by Crippen LogP contribution is -2.22.